The summed E-state index contributed by atoms with van der Waals surface area (Å²) >= 11 is 0. The van der Waals surface area contributed by atoms with E-state index in [1.165, 1.54) is 24.3 Å². The van der Waals surface area contributed by atoms with Crippen LogP contribution in [0, 0.1) is 38.5 Å². The van der Waals surface area contributed by atoms with E-state index in [-0.39, 0.29) is 39.7 Å². The van der Waals surface area contributed by atoms with Crippen molar-refractivity contribution in [2.75, 3.05) is 5.32 Å². The van der Waals surface area contributed by atoms with Gasteiger partial charge in [0.05, 0.1) is 27.2 Å². The summed E-state index contributed by atoms with van der Waals surface area (Å²) in [5.41, 5.74) is -0.102. The highest BCUT2D eigenvalue weighted by Gasteiger charge is 2.19. The molecule has 1 amide bonds. The fourth-order valence-corrected chi connectivity index (χ4v) is 2.80. The molecule has 2 aromatic carbocycles. The second-order valence-electron chi connectivity index (χ2n) is 6.56. The van der Waals surface area contributed by atoms with Crippen LogP contribution in [0.4, 0.5) is 17.1 Å². The van der Waals surface area contributed by atoms with Gasteiger partial charge >= 0.3 is 0 Å². The number of nitro benzene ring substituents is 2. The van der Waals surface area contributed by atoms with Crippen LogP contribution in [0.1, 0.15) is 11.3 Å². The Bertz CT molecular complexity index is 1320. The molecule has 0 unspecified atom stereocenters. The smallest absolute Gasteiger partial charge is 0.280 e. The van der Waals surface area contributed by atoms with Crippen LogP contribution in [-0.4, -0.2) is 20.9 Å². The van der Waals surface area contributed by atoms with Crippen LogP contribution in [0.25, 0.3) is 17.4 Å². The lowest BCUT2D eigenvalue weighted by atomic mass is 10.1. The summed E-state index contributed by atoms with van der Waals surface area (Å²) in [6, 6.07) is 12.3. The van der Waals surface area contributed by atoms with E-state index >= 15 is 0 Å². The number of aryl methyl sites for hydroxylation is 1. The number of phenolic OH excluding ortho intramolecular Hbond substituents is 1. The minimum absolute atomic E-state index is 0.0921. The molecule has 0 aliphatic carbocycles. The Labute approximate surface area is 180 Å². The Balaban J connectivity index is 1.86. The maximum Gasteiger partial charge on any atom is 0.280 e. The summed E-state index contributed by atoms with van der Waals surface area (Å²) < 4.78 is 5.56. The lowest BCUT2D eigenvalue weighted by Gasteiger charge is -2.06. The van der Waals surface area contributed by atoms with Gasteiger partial charge in [0.1, 0.15) is 28.9 Å². The monoisotopic (exact) mass is 434 g/mol. The van der Waals surface area contributed by atoms with Gasteiger partial charge in [0.15, 0.2) is 0 Å². The van der Waals surface area contributed by atoms with Crippen LogP contribution >= 0.6 is 0 Å². The fourth-order valence-electron chi connectivity index (χ4n) is 2.80. The average Bonchev–Trinajstić information content (AvgIpc) is 3.21. The first kappa shape index (κ1) is 21.7. The number of furan rings is 1. The number of carbonyl (C=O) groups is 1. The van der Waals surface area contributed by atoms with E-state index in [0.717, 1.165) is 24.3 Å². The molecule has 0 spiro atoms. The first-order valence-electron chi connectivity index (χ1n) is 8.95. The number of amides is 1. The third-order valence-electron chi connectivity index (χ3n) is 4.33. The molecule has 0 fully saturated rings. The second kappa shape index (κ2) is 8.80. The zero-order chi connectivity index (χ0) is 23.4. The van der Waals surface area contributed by atoms with Gasteiger partial charge in [-0.05, 0) is 36.8 Å². The minimum Gasteiger partial charge on any atom is -0.506 e. The van der Waals surface area contributed by atoms with Crippen LogP contribution in [0.15, 0.2) is 58.5 Å². The first-order valence-corrected chi connectivity index (χ1v) is 8.95. The van der Waals surface area contributed by atoms with Crippen LogP contribution in [0.3, 0.4) is 0 Å². The molecule has 0 aliphatic rings. The molecule has 0 atom stereocenters. The van der Waals surface area contributed by atoms with Crippen LogP contribution < -0.4 is 5.32 Å². The van der Waals surface area contributed by atoms with Gasteiger partial charge in [-0.25, -0.2) is 0 Å². The van der Waals surface area contributed by atoms with E-state index in [1.54, 1.807) is 19.1 Å². The van der Waals surface area contributed by atoms with Crippen molar-refractivity contribution in [1.82, 2.24) is 0 Å². The summed E-state index contributed by atoms with van der Waals surface area (Å²) in [5.74, 6) is -1.17. The zero-order valence-electron chi connectivity index (χ0n) is 16.4. The SMILES string of the molecule is Cc1ccc(-c2ccc(/C=C(/C#N)C(=O)Nc3ccc([N+](=O)[O-])cc3O)o2)c([N+](=O)[O-])c1. The maximum absolute atomic E-state index is 12.4. The Morgan fingerprint density at radius 1 is 1.12 bits per heavy atom. The molecule has 11 nitrogen and oxygen atoms in total. The summed E-state index contributed by atoms with van der Waals surface area (Å²) in [4.78, 5) is 33.2. The van der Waals surface area contributed by atoms with Gasteiger partial charge < -0.3 is 14.8 Å². The van der Waals surface area contributed by atoms with Crippen molar-refractivity contribution in [2.45, 2.75) is 6.92 Å². The molecule has 0 aliphatic heterocycles. The molecule has 0 saturated heterocycles. The predicted molar refractivity (Wildman–Crippen MR) is 113 cm³/mol. The van der Waals surface area contributed by atoms with Gasteiger partial charge in [-0.1, -0.05) is 6.07 Å². The van der Waals surface area contributed by atoms with Crippen molar-refractivity contribution in [3.63, 3.8) is 0 Å². The van der Waals surface area contributed by atoms with E-state index in [1.807, 2.05) is 0 Å². The highest BCUT2D eigenvalue weighted by Crippen LogP contribution is 2.33. The van der Waals surface area contributed by atoms with Gasteiger partial charge in [-0.15, -0.1) is 0 Å². The number of nitrogens with zero attached hydrogens (tertiary/aromatic N) is 3. The quantitative estimate of drug-likeness (QED) is 0.190. The van der Waals surface area contributed by atoms with Gasteiger partial charge in [0, 0.05) is 18.2 Å². The largest absolute Gasteiger partial charge is 0.506 e. The Kier molecular flexibility index (Phi) is 5.97. The number of nitro groups is 2. The van der Waals surface area contributed by atoms with Gasteiger partial charge in [0.2, 0.25) is 0 Å². The van der Waals surface area contributed by atoms with Crippen molar-refractivity contribution in [1.29, 1.82) is 5.26 Å². The summed E-state index contributed by atoms with van der Waals surface area (Å²) in [7, 11) is 0. The number of hydrogen-bond acceptors (Lipinski definition) is 8. The van der Waals surface area contributed by atoms with E-state index in [4.69, 9.17) is 4.42 Å². The minimum atomic E-state index is -0.893. The standard InChI is InChI=1S/C21H14N4O7/c1-12-2-5-16(18(8-12)25(30)31)20-7-4-15(32-20)9-13(11-22)21(27)23-17-6-3-14(24(28)29)10-19(17)26/h2-10,26H,1H3,(H,23,27)/b13-9-. The summed E-state index contributed by atoms with van der Waals surface area (Å²) in [6.45, 7) is 1.72. The van der Waals surface area contributed by atoms with Crippen molar-refractivity contribution in [3.05, 3.63) is 85.7 Å². The Morgan fingerprint density at radius 2 is 1.88 bits per heavy atom. The van der Waals surface area contributed by atoms with Gasteiger partial charge in [-0.3, -0.25) is 25.0 Å². The number of benzene rings is 2. The third-order valence-corrected chi connectivity index (χ3v) is 4.33. The Morgan fingerprint density at radius 3 is 2.50 bits per heavy atom. The second-order valence-corrected chi connectivity index (χ2v) is 6.56. The molecule has 32 heavy (non-hydrogen) atoms. The van der Waals surface area contributed by atoms with Crippen LogP contribution in [0.5, 0.6) is 5.75 Å². The predicted octanol–water partition coefficient (Wildman–Crippen LogP) is 4.32. The van der Waals surface area contributed by atoms with E-state index < -0.39 is 21.5 Å². The summed E-state index contributed by atoms with van der Waals surface area (Å²) in [5, 5.41) is 43.5. The highest BCUT2D eigenvalue weighted by molar-refractivity contribution is 6.10. The number of nitriles is 1. The molecule has 2 N–H and O–H groups in total. The molecule has 0 bridgehead atoms. The number of non-ortho nitro benzene ring substituents is 1. The van der Waals surface area contributed by atoms with Crippen molar-refractivity contribution in [3.8, 4) is 23.1 Å². The topological polar surface area (TPSA) is 173 Å². The number of hydrogen-bond donors (Lipinski definition) is 2. The molecule has 0 radical (unpaired) electrons. The number of carbonyl (C=O) groups excluding carboxylic acids is 1. The lowest BCUT2D eigenvalue weighted by molar-refractivity contribution is -0.385. The molecule has 11 heteroatoms. The Hall–Kier alpha value is -4.98. The average molecular weight is 434 g/mol. The van der Waals surface area contributed by atoms with Crippen molar-refractivity contribution < 1.29 is 24.2 Å². The van der Waals surface area contributed by atoms with Crippen LogP contribution in [-0.2, 0) is 4.79 Å². The molecule has 1 heterocycles. The molecule has 160 valence electrons. The van der Waals surface area contributed by atoms with Crippen molar-refractivity contribution in [2.24, 2.45) is 0 Å². The fraction of sp³-hybridized carbons (Fsp3) is 0.0476. The van der Waals surface area contributed by atoms with E-state index in [0.29, 0.717) is 5.56 Å². The molecule has 0 saturated carbocycles. The number of aromatic hydroxyl groups is 1. The number of nitrogens with one attached hydrogen (secondary N) is 1. The molecular weight excluding hydrogens is 420 g/mol. The zero-order valence-corrected chi connectivity index (χ0v) is 16.4. The first-order chi connectivity index (χ1) is 15.2. The van der Waals surface area contributed by atoms with E-state index in [2.05, 4.69) is 5.32 Å². The number of phenols is 1. The van der Waals surface area contributed by atoms with Crippen molar-refractivity contribution >= 4 is 29.0 Å². The molecule has 3 rings (SSSR count). The number of rotatable bonds is 6. The molecular formula is C21H14N4O7. The normalized spacial score (nSPS) is 10.9. The van der Waals surface area contributed by atoms with Gasteiger partial charge in [-0.2, -0.15) is 5.26 Å². The van der Waals surface area contributed by atoms with Gasteiger partial charge in [0.25, 0.3) is 17.3 Å². The molecule has 3 aromatic rings. The summed E-state index contributed by atoms with van der Waals surface area (Å²) in [6.07, 6.45) is 1.13. The maximum atomic E-state index is 12.4. The molecule has 1 aromatic heterocycles. The number of anilines is 1. The van der Waals surface area contributed by atoms with E-state index in [9.17, 15) is 35.4 Å². The van der Waals surface area contributed by atoms with Crippen LogP contribution in [0.2, 0.25) is 0 Å². The lowest BCUT2D eigenvalue weighted by Crippen LogP contribution is -2.13. The third kappa shape index (κ3) is 4.60. The highest BCUT2D eigenvalue weighted by atomic mass is 16.6.